The van der Waals surface area contributed by atoms with E-state index in [4.69, 9.17) is 9.47 Å². The number of benzene rings is 2. The summed E-state index contributed by atoms with van der Waals surface area (Å²) in [6.07, 6.45) is -0.111. The number of hydrogen-bond donors (Lipinski definition) is 1. The fraction of sp³-hybridized carbons (Fsp3) is 0.520. The van der Waals surface area contributed by atoms with Crippen LogP contribution in [0, 0.1) is 19.7 Å². The molecule has 4 nitrogen and oxygen atoms in total. The standard InChI is InChI=1S/C25H33FN2O2/c1-14(2)17-8-9-20-23(15(17)3)28(7)13-21(30-20)25(5,6)18-12-19(26)24-22(16(18)4)27-10-11-29-24/h8-9,12,14,21,27H,10-11,13H2,1-7H3. The third-order valence-electron chi connectivity index (χ3n) is 6.79. The van der Waals surface area contributed by atoms with E-state index in [0.29, 0.717) is 24.8 Å². The Morgan fingerprint density at radius 2 is 1.93 bits per heavy atom. The molecule has 0 fully saturated rings. The van der Waals surface area contributed by atoms with E-state index < -0.39 is 5.41 Å². The number of halogens is 1. The zero-order valence-electron chi connectivity index (χ0n) is 19.1. The predicted octanol–water partition coefficient (Wildman–Crippen LogP) is 5.55. The van der Waals surface area contributed by atoms with Gasteiger partial charge in [0.25, 0.3) is 0 Å². The van der Waals surface area contributed by atoms with Crippen LogP contribution in [0.25, 0.3) is 0 Å². The highest BCUT2D eigenvalue weighted by Crippen LogP contribution is 2.45. The smallest absolute Gasteiger partial charge is 0.178 e. The number of hydrogen-bond acceptors (Lipinski definition) is 4. The molecule has 2 aliphatic rings. The minimum absolute atomic E-state index is 0.111. The van der Waals surface area contributed by atoms with Gasteiger partial charge in [0, 0.05) is 19.0 Å². The Morgan fingerprint density at radius 3 is 2.63 bits per heavy atom. The zero-order valence-corrected chi connectivity index (χ0v) is 19.1. The maximum atomic E-state index is 14.9. The van der Waals surface area contributed by atoms with E-state index in [9.17, 15) is 4.39 Å². The number of fused-ring (bicyclic) bond motifs is 2. The SMILES string of the molecule is Cc1c(C(C)(C)C2CN(C)c3c(ccc(C(C)C)c3C)O2)cc(F)c2c1NCCO2. The maximum absolute atomic E-state index is 14.9. The fourth-order valence-electron chi connectivity index (χ4n) is 5.04. The van der Waals surface area contributed by atoms with Crippen LogP contribution in [0.15, 0.2) is 18.2 Å². The van der Waals surface area contributed by atoms with Crippen molar-refractivity contribution in [2.75, 3.05) is 37.0 Å². The predicted molar refractivity (Wildman–Crippen MR) is 121 cm³/mol. The number of ether oxygens (including phenoxy) is 2. The first-order valence-electron chi connectivity index (χ1n) is 10.8. The van der Waals surface area contributed by atoms with Gasteiger partial charge in [0.05, 0.1) is 17.9 Å². The molecule has 0 saturated carbocycles. The summed E-state index contributed by atoms with van der Waals surface area (Å²) in [5.41, 5.74) is 6.14. The van der Waals surface area contributed by atoms with Crippen molar-refractivity contribution in [3.05, 3.63) is 46.3 Å². The van der Waals surface area contributed by atoms with Crippen molar-refractivity contribution in [1.29, 1.82) is 0 Å². The molecule has 0 radical (unpaired) electrons. The van der Waals surface area contributed by atoms with Crippen molar-refractivity contribution in [3.63, 3.8) is 0 Å². The molecule has 2 aromatic rings. The van der Waals surface area contributed by atoms with Gasteiger partial charge in [-0.3, -0.25) is 0 Å². The van der Waals surface area contributed by atoms with Crippen LogP contribution in [0.2, 0.25) is 0 Å². The molecule has 1 unspecified atom stereocenters. The lowest BCUT2D eigenvalue weighted by Gasteiger charge is -2.44. The molecule has 4 rings (SSSR count). The van der Waals surface area contributed by atoms with E-state index in [1.807, 2.05) is 6.92 Å². The van der Waals surface area contributed by atoms with Gasteiger partial charge >= 0.3 is 0 Å². The zero-order chi connectivity index (χ0) is 21.8. The van der Waals surface area contributed by atoms with Crippen LogP contribution >= 0.6 is 0 Å². The Morgan fingerprint density at radius 1 is 1.20 bits per heavy atom. The molecule has 0 spiro atoms. The Kier molecular flexibility index (Phi) is 5.11. The van der Waals surface area contributed by atoms with E-state index in [-0.39, 0.29) is 11.9 Å². The Balaban J connectivity index is 1.73. The number of likely N-dealkylation sites (N-methyl/N-ethyl adjacent to an activating group) is 1. The van der Waals surface area contributed by atoms with Gasteiger partial charge in [-0.1, -0.05) is 33.8 Å². The second-order valence-electron chi connectivity index (χ2n) is 9.50. The summed E-state index contributed by atoms with van der Waals surface area (Å²) in [6.45, 7) is 14.8. The topological polar surface area (TPSA) is 33.7 Å². The van der Waals surface area contributed by atoms with Crippen LogP contribution in [0.3, 0.4) is 0 Å². The van der Waals surface area contributed by atoms with Gasteiger partial charge in [-0.25, -0.2) is 4.39 Å². The maximum Gasteiger partial charge on any atom is 0.178 e. The monoisotopic (exact) mass is 412 g/mol. The molecular formula is C25H33FN2O2. The highest BCUT2D eigenvalue weighted by Gasteiger charge is 2.40. The van der Waals surface area contributed by atoms with Gasteiger partial charge in [-0.2, -0.15) is 0 Å². The van der Waals surface area contributed by atoms with Crippen molar-refractivity contribution >= 4 is 11.4 Å². The molecule has 0 aliphatic carbocycles. The van der Waals surface area contributed by atoms with E-state index >= 15 is 0 Å². The second-order valence-corrected chi connectivity index (χ2v) is 9.50. The first-order chi connectivity index (χ1) is 14.1. The molecule has 0 bridgehead atoms. The summed E-state index contributed by atoms with van der Waals surface area (Å²) in [5, 5.41) is 3.32. The highest BCUT2D eigenvalue weighted by atomic mass is 19.1. The molecule has 1 atom stereocenters. The van der Waals surface area contributed by atoms with Crippen molar-refractivity contribution in [2.45, 2.75) is 59.0 Å². The molecule has 2 heterocycles. The van der Waals surface area contributed by atoms with Gasteiger partial charge in [0.2, 0.25) is 0 Å². The molecule has 162 valence electrons. The van der Waals surface area contributed by atoms with Crippen LogP contribution in [0.4, 0.5) is 15.8 Å². The molecular weight excluding hydrogens is 379 g/mol. The summed E-state index contributed by atoms with van der Waals surface area (Å²) in [5.74, 6) is 1.39. The van der Waals surface area contributed by atoms with Gasteiger partial charge in [-0.05, 0) is 54.2 Å². The normalized spacial score (nSPS) is 18.3. The summed E-state index contributed by atoms with van der Waals surface area (Å²) < 4.78 is 27.0. The summed E-state index contributed by atoms with van der Waals surface area (Å²) in [6, 6.07) is 5.90. The second kappa shape index (κ2) is 7.36. The Labute approximate surface area is 179 Å². The van der Waals surface area contributed by atoms with Crippen molar-refractivity contribution in [2.24, 2.45) is 0 Å². The van der Waals surface area contributed by atoms with Crippen LogP contribution in [0.1, 0.15) is 55.9 Å². The number of nitrogens with zero attached hydrogens (tertiary/aromatic N) is 1. The number of anilines is 2. The van der Waals surface area contributed by atoms with Gasteiger partial charge in [-0.15, -0.1) is 0 Å². The molecule has 1 N–H and O–H groups in total. The molecule has 5 heteroatoms. The number of nitrogens with one attached hydrogen (secondary N) is 1. The number of rotatable bonds is 3. The van der Waals surface area contributed by atoms with Crippen molar-refractivity contribution < 1.29 is 13.9 Å². The lowest BCUT2D eigenvalue weighted by atomic mass is 9.75. The largest absolute Gasteiger partial charge is 0.486 e. The molecule has 0 amide bonds. The van der Waals surface area contributed by atoms with Crippen LogP contribution < -0.4 is 19.7 Å². The van der Waals surface area contributed by atoms with E-state index in [2.05, 4.69) is 64.0 Å². The van der Waals surface area contributed by atoms with Crippen LogP contribution in [-0.4, -0.2) is 32.8 Å². The van der Waals surface area contributed by atoms with Gasteiger partial charge in [0.15, 0.2) is 11.6 Å². The molecule has 30 heavy (non-hydrogen) atoms. The van der Waals surface area contributed by atoms with Crippen LogP contribution in [0.5, 0.6) is 11.5 Å². The third kappa shape index (κ3) is 3.19. The lowest BCUT2D eigenvalue weighted by Crippen LogP contribution is -2.49. The summed E-state index contributed by atoms with van der Waals surface area (Å²) >= 11 is 0. The average Bonchev–Trinajstić information content (AvgIpc) is 2.70. The van der Waals surface area contributed by atoms with Gasteiger partial charge < -0.3 is 19.7 Å². The first kappa shape index (κ1) is 20.8. The lowest BCUT2D eigenvalue weighted by molar-refractivity contribution is 0.121. The van der Waals surface area contributed by atoms with E-state index in [0.717, 1.165) is 34.8 Å². The van der Waals surface area contributed by atoms with Gasteiger partial charge in [0.1, 0.15) is 18.5 Å². The molecule has 2 aromatic carbocycles. The van der Waals surface area contributed by atoms with Crippen molar-refractivity contribution in [1.82, 2.24) is 0 Å². The van der Waals surface area contributed by atoms with Crippen molar-refractivity contribution in [3.8, 4) is 11.5 Å². The molecule has 0 saturated heterocycles. The highest BCUT2D eigenvalue weighted by molar-refractivity contribution is 5.69. The quantitative estimate of drug-likeness (QED) is 0.717. The first-order valence-corrected chi connectivity index (χ1v) is 10.8. The van der Waals surface area contributed by atoms with E-state index in [1.54, 1.807) is 6.07 Å². The fourth-order valence-corrected chi connectivity index (χ4v) is 5.04. The third-order valence-corrected chi connectivity index (χ3v) is 6.79. The minimum Gasteiger partial charge on any atom is -0.486 e. The molecule has 2 aliphatic heterocycles. The van der Waals surface area contributed by atoms with E-state index in [1.165, 1.54) is 11.1 Å². The summed E-state index contributed by atoms with van der Waals surface area (Å²) in [7, 11) is 2.12. The molecule has 0 aromatic heterocycles. The Bertz CT molecular complexity index is 984. The average molecular weight is 413 g/mol. The minimum atomic E-state index is -0.393. The summed E-state index contributed by atoms with van der Waals surface area (Å²) in [4.78, 5) is 2.29. The Hall–Kier alpha value is -2.43. The van der Waals surface area contributed by atoms with Crippen LogP contribution in [-0.2, 0) is 5.41 Å².